The molecule has 0 saturated carbocycles. The number of aryl methyl sites for hydroxylation is 1. The molecule has 11 heavy (non-hydrogen) atoms. The molecule has 0 aliphatic heterocycles. The zero-order valence-corrected chi connectivity index (χ0v) is 8.08. The molecule has 1 aromatic heterocycles. The Labute approximate surface area is 79.4 Å². The molecule has 0 bridgehead atoms. The summed E-state index contributed by atoms with van der Waals surface area (Å²) in [6.45, 7) is 0. The summed E-state index contributed by atoms with van der Waals surface area (Å²) in [5.74, 6) is 0. The average Bonchev–Trinajstić information content (AvgIpc) is 2.06. The molecule has 1 aromatic rings. The van der Waals surface area contributed by atoms with Crippen LogP contribution in [-0.2, 0) is 6.42 Å². The molecule has 1 heterocycles. The van der Waals surface area contributed by atoms with E-state index in [0.717, 1.165) is 16.4 Å². The largest absolute Gasteiger partial charge is 0.263 e. The second-order valence-corrected chi connectivity index (χ2v) is 3.21. The Hall–Kier alpha value is -0.630. The van der Waals surface area contributed by atoms with Crippen molar-refractivity contribution in [2.24, 2.45) is 0 Å². The Balaban J connectivity index is 2.85. The van der Waals surface area contributed by atoms with Gasteiger partial charge in [0.25, 0.3) is 0 Å². The lowest BCUT2D eigenvalue weighted by atomic mass is 10.2. The first-order valence-electron chi connectivity index (χ1n) is 3.27. The lowest BCUT2D eigenvalue weighted by Crippen LogP contribution is -1.88. The van der Waals surface area contributed by atoms with E-state index in [-0.39, 0.29) is 0 Å². The molecule has 3 heteroatoms. The number of alkyl halides is 1. The van der Waals surface area contributed by atoms with E-state index >= 15 is 0 Å². The van der Waals surface area contributed by atoms with Crippen LogP contribution in [0.4, 0.5) is 0 Å². The average molecular weight is 258 g/mol. The summed E-state index contributed by atoms with van der Waals surface area (Å²) < 4.78 is 1.06. The molecule has 0 spiro atoms. The van der Waals surface area contributed by atoms with Crippen LogP contribution in [0.3, 0.4) is 0 Å². The predicted molar refractivity (Wildman–Crippen MR) is 51.5 cm³/mol. The second-order valence-electron chi connectivity index (χ2n) is 2.13. The van der Waals surface area contributed by atoms with Gasteiger partial charge in [-0.2, -0.15) is 5.26 Å². The van der Waals surface area contributed by atoms with Crippen molar-refractivity contribution < 1.29 is 0 Å². The summed E-state index contributed by atoms with van der Waals surface area (Å²) in [4.78, 5) is 3.95. The van der Waals surface area contributed by atoms with Crippen LogP contribution in [0.25, 0.3) is 0 Å². The molecule has 0 N–H and O–H groups in total. The highest BCUT2D eigenvalue weighted by Crippen LogP contribution is 2.03. The van der Waals surface area contributed by atoms with Crippen molar-refractivity contribution in [3.63, 3.8) is 0 Å². The first kappa shape index (κ1) is 8.47. The normalized spacial score (nSPS) is 9.09. The van der Waals surface area contributed by atoms with Gasteiger partial charge in [0.15, 0.2) is 0 Å². The van der Waals surface area contributed by atoms with E-state index in [0.29, 0.717) is 5.56 Å². The van der Waals surface area contributed by atoms with E-state index in [1.165, 1.54) is 0 Å². The fourth-order valence-electron chi connectivity index (χ4n) is 0.795. The van der Waals surface area contributed by atoms with Gasteiger partial charge < -0.3 is 0 Å². The SMILES string of the molecule is N#Cc1cncc(CCI)c1. The van der Waals surface area contributed by atoms with Crippen LogP contribution >= 0.6 is 22.6 Å². The summed E-state index contributed by atoms with van der Waals surface area (Å²) in [6, 6.07) is 3.94. The minimum absolute atomic E-state index is 0.646. The number of nitriles is 1. The lowest BCUT2D eigenvalue weighted by molar-refractivity contribution is 1.13. The third-order valence-corrected chi connectivity index (χ3v) is 1.85. The molecular weight excluding hydrogens is 251 g/mol. The van der Waals surface area contributed by atoms with Gasteiger partial charge in [0.2, 0.25) is 0 Å². The van der Waals surface area contributed by atoms with Crippen molar-refractivity contribution in [3.8, 4) is 6.07 Å². The van der Waals surface area contributed by atoms with E-state index < -0.39 is 0 Å². The van der Waals surface area contributed by atoms with Crippen LogP contribution in [0.15, 0.2) is 18.5 Å². The molecule has 0 saturated heterocycles. The molecule has 0 radical (unpaired) electrons. The number of aromatic nitrogens is 1. The van der Waals surface area contributed by atoms with Crippen LogP contribution in [0, 0.1) is 11.3 Å². The van der Waals surface area contributed by atoms with Gasteiger partial charge in [0.1, 0.15) is 6.07 Å². The van der Waals surface area contributed by atoms with Crippen LogP contribution in [-0.4, -0.2) is 9.41 Å². The number of rotatable bonds is 2. The van der Waals surface area contributed by atoms with E-state index in [9.17, 15) is 0 Å². The maximum Gasteiger partial charge on any atom is 0.101 e. The first-order chi connectivity index (χ1) is 5.36. The van der Waals surface area contributed by atoms with E-state index in [4.69, 9.17) is 5.26 Å². The minimum atomic E-state index is 0.646. The molecule has 0 fully saturated rings. The van der Waals surface area contributed by atoms with Crippen molar-refractivity contribution in [1.29, 1.82) is 5.26 Å². The number of hydrogen-bond acceptors (Lipinski definition) is 2. The first-order valence-corrected chi connectivity index (χ1v) is 4.79. The Morgan fingerprint density at radius 3 is 3.00 bits per heavy atom. The van der Waals surface area contributed by atoms with Gasteiger partial charge in [0, 0.05) is 16.8 Å². The monoisotopic (exact) mass is 258 g/mol. The number of hydrogen-bond donors (Lipinski definition) is 0. The molecule has 0 amide bonds. The number of pyridine rings is 1. The molecule has 56 valence electrons. The van der Waals surface area contributed by atoms with Crippen LogP contribution in [0.5, 0.6) is 0 Å². The molecule has 0 unspecified atom stereocenters. The Bertz CT molecular complexity index is 278. The van der Waals surface area contributed by atoms with Crippen LogP contribution in [0.2, 0.25) is 0 Å². The smallest absolute Gasteiger partial charge is 0.101 e. The van der Waals surface area contributed by atoms with Gasteiger partial charge in [-0.1, -0.05) is 22.6 Å². The highest BCUT2D eigenvalue weighted by Gasteiger charge is 1.93. The van der Waals surface area contributed by atoms with E-state index in [1.807, 2.05) is 6.07 Å². The quantitative estimate of drug-likeness (QED) is 0.600. The maximum atomic E-state index is 8.54. The Morgan fingerprint density at radius 1 is 1.55 bits per heavy atom. The predicted octanol–water partition coefficient (Wildman–Crippen LogP) is 1.93. The molecule has 1 rings (SSSR count). The van der Waals surface area contributed by atoms with Crippen molar-refractivity contribution >= 4 is 22.6 Å². The minimum Gasteiger partial charge on any atom is -0.263 e. The van der Waals surface area contributed by atoms with Crippen LogP contribution < -0.4 is 0 Å². The molecule has 0 aliphatic rings. The summed E-state index contributed by atoms with van der Waals surface area (Å²) in [7, 11) is 0. The summed E-state index contributed by atoms with van der Waals surface area (Å²) in [6.07, 6.45) is 4.37. The third-order valence-electron chi connectivity index (χ3n) is 1.31. The second kappa shape index (κ2) is 4.29. The summed E-state index contributed by atoms with van der Waals surface area (Å²) in [5.41, 5.74) is 1.78. The fourth-order valence-corrected chi connectivity index (χ4v) is 1.42. The van der Waals surface area contributed by atoms with E-state index in [2.05, 4.69) is 33.6 Å². The third kappa shape index (κ3) is 2.46. The maximum absolute atomic E-state index is 8.54. The van der Waals surface area contributed by atoms with Gasteiger partial charge in [-0.25, -0.2) is 0 Å². The fraction of sp³-hybridized carbons (Fsp3) is 0.250. The van der Waals surface area contributed by atoms with Crippen LogP contribution in [0.1, 0.15) is 11.1 Å². The molecule has 0 atom stereocenters. The van der Waals surface area contributed by atoms with Gasteiger partial charge >= 0.3 is 0 Å². The lowest BCUT2D eigenvalue weighted by Gasteiger charge is -1.95. The van der Waals surface area contributed by atoms with Gasteiger partial charge in [-0.3, -0.25) is 4.98 Å². The summed E-state index contributed by atoms with van der Waals surface area (Å²) >= 11 is 2.30. The molecule has 0 aliphatic carbocycles. The number of nitrogens with zero attached hydrogens (tertiary/aromatic N) is 2. The Kier molecular flexibility index (Phi) is 3.30. The highest BCUT2D eigenvalue weighted by atomic mass is 127. The van der Waals surface area contributed by atoms with Crippen molar-refractivity contribution in [3.05, 3.63) is 29.6 Å². The summed E-state index contributed by atoms with van der Waals surface area (Å²) in [5, 5.41) is 8.54. The molecular formula is C8H7IN2. The topological polar surface area (TPSA) is 36.7 Å². The van der Waals surface area contributed by atoms with Gasteiger partial charge in [-0.05, 0) is 18.1 Å². The van der Waals surface area contributed by atoms with Crippen molar-refractivity contribution in [2.75, 3.05) is 4.43 Å². The Morgan fingerprint density at radius 2 is 2.36 bits per heavy atom. The molecule has 0 aromatic carbocycles. The van der Waals surface area contributed by atoms with E-state index in [1.54, 1.807) is 12.4 Å². The van der Waals surface area contributed by atoms with Gasteiger partial charge in [0.05, 0.1) is 5.56 Å². The zero-order valence-electron chi connectivity index (χ0n) is 5.92. The zero-order chi connectivity index (χ0) is 8.10. The molecule has 2 nitrogen and oxygen atoms in total. The number of halogens is 1. The highest BCUT2D eigenvalue weighted by molar-refractivity contribution is 14.1. The van der Waals surface area contributed by atoms with Crippen molar-refractivity contribution in [2.45, 2.75) is 6.42 Å². The standard InChI is InChI=1S/C8H7IN2/c9-2-1-7-3-8(4-10)6-11-5-7/h3,5-6H,1-2H2. The van der Waals surface area contributed by atoms with Crippen molar-refractivity contribution in [1.82, 2.24) is 4.98 Å². The van der Waals surface area contributed by atoms with Gasteiger partial charge in [-0.15, -0.1) is 0 Å².